The molecule has 0 saturated carbocycles. The van der Waals surface area contributed by atoms with Gasteiger partial charge in [0.25, 0.3) is 0 Å². The summed E-state index contributed by atoms with van der Waals surface area (Å²) in [4.78, 5) is 11.8. The smallest absolute Gasteiger partial charge is 0.240 e. The molecule has 106 valence electrons. The van der Waals surface area contributed by atoms with Gasteiger partial charge in [-0.15, -0.1) is 0 Å². The number of nitrogens with two attached hydrogens (primary N) is 1. The molecule has 0 bridgehead atoms. The average molecular weight is 285 g/mol. The summed E-state index contributed by atoms with van der Waals surface area (Å²) >= 11 is 0. The van der Waals surface area contributed by atoms with Crippen LogP contribution in [0.15, 0.2) is 23.1 Å². The average Bonchev–Trinajstić information content (AvgIpc) is 2.30. The number of rotatable bonds is 5. The molecule has 19 heavy (non-hydrogen) atoms. The molecule has 0 aromatic heterocycles. The van der Waals surface area contributed by atoms with Crippen LogP contribution in [0.5, 0.6) is 0 Å². The maximum atomic E-state index is 11.7. The Morgan fingerprint density at radius 1 is 1.42 bits per heavy atom. The van der Waals surface area contributed by atoms with Gasteiger partial charge in [0, 0.05) is 18.2 Å². The molecule has 6 nitrogen and oxygen atoms in total. The number of carbonyl (C=O) groups excluding carboxylic acids is 1. The highest BCUT2D eigenvalue weighted by Crippen LogP contribution is 2.20. The van der Waals surface area contributed by atoms with E-state index in [1.165, 1.54) is 19.2 Å². The zero-order valence-corrected chi connectivity index (χ0v) is 12.0. The van der Waals surface area contributed by atoms with Crippen molar-refractivity contribution in [2.75, 3.05) is 12.4 Å². The van der Waals surface area contributed by atoms with Crippen molar-refractivity contribution < 1.29 is 13.2 Å². The molecule has 0 heterocycles. The number of amides is 1. The Balaban J connectivity index is 3.02. The Bertz CT molecular complexity index is 568. The second-order valence-corrected chi connectivity index (χ2v) is 6.30. The maximum Gasteiger partial charge on any atom is 0.240 e. The highest BCUT2D eigenvalue weighted by Gasteiger charge is 2.14. The minimum absolute atomic E-state index is 0.108. The van der Waals surface area contributed by atoms with Crippen LogP contribution in [0.25, 0.3) is 0 Å². The normalized spacial score (nSPS) is 13.1. The second kappa shape index (κ2) is 6.14. The zero-order chi connectivity index (χ0) is 14.6. The van der Waals surface area contributed by atoms with Gasteiger partial charge in [-0.05, 0) is 38.6 Å². The monoisotopic (exact) mass is 285 g/mol. The SMILES string of the molecule is CNS(=O)(=O)c1ccc(C)c(NC(=O)CC(C)N)c1. The number of aryl methyl sites for hydroxylation is 1. The third-order valence-electron chi connectivity index (χ3n) is 2.57. The lowest BCUT2D eigenvalue weighted by molar-refractivity contribution is -0.116. The van der Waals surface area contributed by atoms with Crippen LogP contribution in [0, 0.1) is 6.92 Å². The third kappa shape index (κ3) is 4.30. The Kier molecular flexibility index (Phi) is 5.04. The predicted molar refractivity (Wildman–Crippen MR) is 74.3 cm³/mol. The second-order valence-electron chi connectivity index (χ2n) is 4.41. The van der Waals surface area contributed by atoms with Crippen molar-refractivity contribution in [3.05, 3.63) is 23.8 Å². The number of hydrogen-bond donors (Lipinski definition) is 3. The van der Waals surface area contributed by atoms with E-state index in [0.717, 1.165) is 5.56 Å². The van der Waals surface area contributed by atoms with Gasteiger partial charge in [0.15, 0.2) is 0 Å². The molecule has 0 saturated heterocycles. The first-order chi connectivity index (χ1) is 8.76. The van der Waals surface area contributed by atoms with Crippen LogP contribution in [-0.4, -0.2) is 27.4 Å². The van der Waals surface area contributed by atoms with E-state index in [2.05, 4.69) is 10.0 Å². The van der Waals surface area contributed by atoms with Crippen molar-refractivity contribution in [1.29, 1.82) is 0 Å². The Morgan fingerprint density at radius 2 is 2.05 bits per heavy atom. The molecule has 1 unspecified atom stereocenters. The van der Waals surface area contributed by atoms with E-state index in [-0.39, 0.29) is 23.3 Å². The quantitative estimate of drug-likeness (QED) is 0.736. The number of hydrogen-bond acceptors (Lipinski definition) is 4. The number of carbonyl (C=O) groups is 1. The molecule has 0 radical (unpaired) electrons. The molecule has 1 atom stereocenters. The summed E-state index contributed by atoms with van der Waals surface area (Å²) in [5.74, 6) is -0.239. The zero-order valence-electron chi connectivity index (χ0n) is 11.2. The van der Waals surface area contributed by atoms with E-state index in [4.69, 9.17) is 5.73 Å². The molecule has 1 aromatic carbocycles. The van der Waals surface area contributed by atoms with Crippen molar-refractivity contribution >= 4 is 21.6 Å². The largest absolute Gasteiger partial charge is 0.327 e. The van der Waals surface area contributed by atoms with Gasteiger partial charge in [-0.2, -0.15) is 0 Å². The minimum atomic E-state index is -3.52. The van der Waals surface area contributed by atoms with Gasteiger partial charge in [0.2, 0.25) is 15.9 Å². The summed E-state index contributed by atoms with van der Waals surface area (Å²) in [6, 6.07) is 4.32. The highest BCUT2D eigenvalue weighted by molar-refractivity contribution is 7.89. The summed E-state index contributed by atoms with van der Waals surface area (Å²) in [6.45, 7) is 3.52. The van der Waals surface area contributed by atoms with Gasteiger partial charge in [-0.1, -0.05) is 6.07 Å². The van der Waals surface area contributed by atoms with Crippen LogP contribution in [0.4, 0.5) is 5.69 Å². The fourth-order valence-electron chi connectivity index (χ4n) is 1.51. The summed E-state index contributed by atoms with van der Waals surface area (Å²) in [7, 11) is -2.19. The summed E-state index contributed by atoms with van der Waals surface area (Å²) in [5.41, 5.74) is 6.80. The molecule has 1 aromatic rings. The molecule has 4 N–H and O–H groups in total. The predicted octanol–water partition coefficient (Wildman–Crippen LogP) is 0.579. The van der Waals surface area contributed by atoms with Gasteiger partial charge in [0.1, 0.15) is 0 Å². The van der Waals surface area contributed by atoms with Crippen molar-refractivity contribution in [3.63, 3.8) is 0 Å². The Morgan fingerprint density at radius 3 is 2.58 bits per heavy atom. The van der Waals surface area contributed by atoms with Crippen molar-refractivity contribution in [2.24, 2.45) is 5.73 Å². The van der Waals surface area contributed by atoms with Crippen molar-refractivity contribution in [3.8, 4) is 0 Å². The topological polar surface area (TPSA) is 101 Å². The first-order valence-electron chi connectivity index (χ1n) is 5.86. The van der Waals surface area contributed by atoms with Crippen molar-refractivity contribution in [1.82, 2.24) is 4.72 Å². The van der Waals surface area contributed by atoms with Gasteiger partial charge in [-0.3, -0.25) is 4.79 Å². The lowest BCUT2D eigenvalue weighted by Gasteiger charge is -2.11. The van der Waals surface area contributed by atoms with E-state index in [1.807, 2.05) is 0 Å². The standard InChI is InChI=1S/C12H19N3O3S/c1-8-4-5-10(19(17,18)14-3)7-11(8)15-12(16)6-9(2)13/h4-5,7,9,14H,6,13H2,1-3H3,(H,15,16). The number of benzene rings is 1. The third-order valence-corrected chi connectivity index (χ3v) is 3.98. The van der Waals surface area contributed by atoms with Gasteiger partial charge in [0.05, 0.1) is 4.90 Å². The van der Waals surface area contributed by atoms with E-state index in [1.54, 1.807) is 19.9 Å². The van der Waals surface area contributed by atoms with E-state index in [0.29, 0.717) is 5.69 Å². The van der Waals surface area contributed by atoms with Crippen LogP contribution in [0.2, 0.25) is 0 Å². The Hall–Kier alpha value is -1.44. The molecule has 0 fully saturated rings. The van der Waals surface area contributed by atoms with Crippen molar-refractivity contribution in [2.45, 2.75) is 31.2 Å². The van der Waals surface area contributed by atoms with Crippen LogP contribution in [-0.2, 0) is 14.8 Å². The van der Waals surface area contributed by atoms with Crippen LogP contribution in [0.3, 0.4) is 0 Å². The van der Waals surface area contributed by atoms with E-state index >= 15 is 0 Å². The Labute approximate surface area is 113 Å². The van der Waals surface area contributed by atoms with Gasteiger partial charge in [-0.25, -0.2) is 13.1 Å². The molecule has 1 amide bonds. The first-order valence-corrected chi connectivity index (χ1v) is 7.34. The van der Waals surface area contributed by atoms with Crippen LogP contribution in [0.1, 0.15) is 18.9 Å². The fourth-order valence-corrected chi connectivity index (χ4v) is 2.27. The van der Waals surface area contributed by atoms with Crippen LogP contribution >= 0.6 is 0 Å². The number of nitrogens with one attached hydrogen (secondary N) is 2. The maximum absolute atomic E-state index is 11.7. The van der Waals surface area contributed by atoms with E-state index < -0.39 is 10.0 Å². The number of anilines is 1. The van der Waals surface area contributed by atoms with Gasteiger partial charge < -0.3 is 11.1 Å². The molecule has 0 aliphatic heterocycles. The molecule has 7 heteroatoms. The highest BCUT2D eigenvalue weighted by atomic mass is 32.2. The van der Waals surface area contributed by atoms with Gasteiger partial charge >= 0.3 is 0 Å². The molecule has 0 aliphatic carbocycles. The summed E-state index contributed by atoms with van der Waals surface area (Å²) in [5, 5.41) is 2.67. The lowest BCUT2D eigenvalue weighted by Crippen LogP contribution is -2.24. The number of sulfonamides is 1. The molecule has 0 spiro atoms. The molecular formula is C12H19N3O3S. The molecule has 0 aliphatic rings. The molecular weight excluding hydrogens is 266 g/mol. The summed E-state index contributed by atoms with van der Waals surface area (Å²) < 4.78 is 25.6. The molecule has 1 rings (SSSR count). The van der Waals surface area contributed by atoms with E-state index in [9.17, 15) is 13.2 Å². The first kappa shape index (κ1) is 15.6. The minimum Gasteiger partial charge on any atom is -0.327 e. The fraction of sp³-hybridized carbons (Fsp3) is 0.417. The van der Waals surface area contributed by atoms with Crippen LogP contribution < -0.4 is 15.8 Å². The lowest BCUT2D eigenvalue weighted by atomic mass is 10.2. The summed E-state index contributed by atoms with van der Waals surface area (Å²) in [6.07, 6.45) is 0.183.